The van der Waals surface area contributed by atoms with E-state index in [1.807, 2.05) is 34.8 Å². The van der Waals surface area contributed by atoms with Gasteiger partial charge < -0.3 is 19.2 Å². The first kappa shape index (κ1) is 13.6. The van der Waals surface area contributed by atoms with E-state index in [1.165, 1.54) is 0 Å². The van der Waals surface area contributed by atoms with Crippen LogP contribution in [0.25, 0.3) is 11.0 Å². The Balaban J connectivity index is 1.76. The van der Waals surface area contributed by atoms with Crippen molar-refractivity contribution < 1.29 is 4.74 Å². The van der Waals surface area contributed by atoms with Crippen molar-refractivity contribution in [3.05, 3.63) is 36.5 Å². The summed E-state index contributed by atoms with van der Waals surface area (Å²) in [6, 6.07) is 6.07. The normalized spacial score (nSPS) is 11.1. The van der Waals surface area contributed by atoms with E-state index in [2.05, 4.69) is 26.2 Å². The summed E-state index contributed by atoms with van der Waals surface area (Å²) < 4.78 is 7.09. The molecule has 0 aliphatic rings. The van der Waals surface area contributed by atoms with E-state index in [4.69, 9.17) is 4.74 Å². The molecule has 3 aromatic heterocycles. The molecule has 0 unspecified atom stereocenters. The molecule has 21 heavy (non-hydrogen) atoms. The van der Waals surface area contributed by atoms with Crippen molar-refractivity contribution in [3.63, 3.8) is 0 Å². The van der Waals surface area contributed by atoms with Crippen LogP contribution < -0.4 is 4.90 Å². The van der Waals surface area contributed by atoms with Gasteiger partial charge in [0.25, 0.3) is 0 Å². The van der Waals surface area contributed by atoms with E-state index in [9.17, 15) is 0 Å². The van der Waals surface area contributed by atoms with Gasteiger partial charge in [-0.15, -0.1) is 10.2 Å². The molecular weight excluding hydrogens is 268 g/mol. The van der Waals surface area contributed by atoms with Crippen molar-refractivity contribution in [2.24, 2.45) is 0 Å². The molecule has 0 atom stereocenters. The Labute approximate surface area is 122 Å². The maximum Gasteiger partial charge on any atom is 0.152 e. The lowest BCUT2D eigenvalue weighted by Crippen LogP contribution is -2.21. The fraction of sp³-hybridized carbons (Fsp3) is 0.357. The van der Waals surface area contributed by atoms with Gasteiger partial charge in [0, 0.05) is 32.3 Å². The average Bonchev–Trinajstić information content (AvgIpc) is 3.13. The van der Waals surface area contributed by atoms with E-state index in [-0.39, 0.29) is 0 Å². The number of aromatic amines is 1. The monoisotopic (exact) mass is 286 g/mol. The molecule has 0 radical (unpaired) electrons. The molecule has 3 aromatic rings. The second kappa shape index (κ2) is 5.92. The number of rotatable bonds is 6. The molecule has 1 N–H and O–H groups in total. The zero-order valence-corrected chi connectivity index (χ0v) is 12.2. The van der Waals surface area contributed by atoms with Gasteiger partial charge in [-0.3, -0.25) is 0 Å². The van der Waals surface area contributed by atoms with E-state index in [1.54, 1.807) is 13.4 Å². The van der Waals surface area contributed by atoms with E-state index in [0.717, 1.165) is 29.2 Å². The molecule has 3 rings (SSSR count). The maximum atomic E-state index is 5.09. The second-order valence-electron chi connectivity index (χ2n) is 4.87. The molecule has 0 fully saturated rings. The lowest BCUT2D eigenvalue weighted by Gasteiger charge is -2.18. The van der Waals surface area contributed by atoms with Crippen LogP contribution in [0, 0.1) is 0 Å². The van der Waals surface area contributed by atoms with Crippen molar-refractivity contribution in [1.82, 2.24) is 24.7 Å². The van der Waals surface area contributed by atoms with Gasteiger partial charge in [-0.05, 0) is 18.2 Å². The second-order valence-corrected chi connectivity index (χ2v) is 4.87. The third kappa shape index (κ3) is 2.87. The summed E-state index contributed by atoms with van der Waals surface area (Å²) in [7, 11) is 3.68. The summed E-state index contributed by atoms with van der Waals surface area (Å²) in [5.41, 5.74) is 0.889. The smallest absolute Gasteiger partial charge is 0.152 e. The summed E-state index contributed by atoms with van der Waals surface area (Å²) >= 11 is 0. The molecule has 0 saturated heterocycles. The van der Waals surface area contributed by atoms with Gasteiger partial charge >= 0.3 is 0 Å². The summed E-state index contributed by atoms with van der Waals surface area (Å²) in [6.45, 7) is 2.03. The quantitative estimate of drug-likeness (QED) is 0.742. The lowest BCUT2D eigenvalue weighted by atomic mass is 10.3. The van der Waals surface area contributed by atoms with Crippen LogP contribution in [0.2, 0.25) is 0 Å². The van der Waals surface area contributed by atoms with Crippen LogP contribution in [0.5, 0.6) is 0 Å². The molecule has 0 saturated carbocycles. The highest BCUT2D eigenvalue weighted by atomic mass is 16.5. The molecule has 7 nitrogen and oxygen atoms in total. The molecule has 7 heteroatoms. The molecule has 3 heterocycles. The topological polar surface area (TPSA) is 71.9 Å². The third-order valence-electron chi connectivity index (χ3n) is 3.40. The van der Waals surface area contributed by atoms with Crippen molar-refractivity contribution >= 4 is 16.9 Å². The Bertz CT molecular complexity index is 719. The maximum absolute atomic E-state index is 5.09. The number of nitrogens with zero attached hydrogens (tertiary/aromatic N) is 5. The average molecular weight is 286 g/mol. The number of nitrogens with one attached hydrogen (secondary N) is 1. The zero-order valence-electron chi connectivity index (χ0n) is 12.2. The fourth-order valence-electron chi connectivity index (χ4n) is 2.20. The minimum Gasteiger partial charge on any atom is -0.383 e. The number of H-pyrrole nitrogens is 1. The minimum absolute atomic E-state index is 0.640. The van der Waals surface area contributed by atoms with Crippen LogP contribution in [0.3, 0.4) is 0 Å². The molecule has 0 aliphatic heterocycles. The fourth-order valence-corrected chi connectivity index (χ4v) is 2.20. The van der Waals surface area contributed by atoms with Gasteiger partial charge in [-0.25, -0.2) is 4.98 Å². The highest BCUT2D eigenvalue weighted by molar-refractivity contribution is 5.77. The summed E-state index contributed by atoms with van der Waals surface area (Å²) in [5.74, 6) is 1.79. The van der Waals surface area contributed by atoms with E-state index >= 15 is 0 Å². The Morgan fingerprint density at radius 2 is 2.24 bits per heavy atom. The van der Waals surface area contributed by atoms with Crippen LogP contribution in [-0.2, 0) is 17.8 Å². The number of hydrogen-bond acceptors (Lipinski definition) is 5. The Hall–Kier alpha value is -2.41. The Morgan fingerprint density at radius 1 is 1.33 bits per heavy atom. The van der Waals surface area contributed by atoms with Crippen LogP contribution in [0.1, 0.15) is 5.82 Å². The predicted molar refractivity (Wildman–Crippen MR) is 80.1 cm³/mol. The zero-order chi connectivity index (χ0) is 14.7. The van der Waals surface area contributed by atoms with Crippen LogP contribution in [0.4, 0.5) is 5.82 Å². The van der Waals surface area contributed by atoms with E-state index < -0.39 is 0 Å². The standard InChI is InChI=1S/C14H18N6O/c1-19(9-13-18-16-10-20(13)7-8-21-2)12-4-3-11-5-6-15-14(11)17-12/h3-6,10H,7-9H2,1-2H3,(H,15,17). The van der Waals surface area contributed by atoms with Crippen molar-refractivity contribution in [2.45, 2.75) is 13.1 Å². The van der Waals surface area contributed by atoms with Gasteiger partial charge in [0.1, 0.15) is 17.8 Å². The number of ether oxygens (including phenoxy) is 1. The number of hydrogen-bond donors (Lipinski definition) is 1. The largest absolute Gasteiger partial charge is 0.383 e. The highest BCUT2D eigenvalue weighted by Crippen LogP contribution is 2.17. The highest BCUT2D eigenvalue weighted by Gasteiger charge is 2.10. The minimum atomic E-state index is 0.640. The number of aromatic nitrogens is 5. The van der Waals surface area contributed by atoms with Crippen molar-refractivity contribution in [1.29, 1.82) is 0 Å². The van der Waals surface area contributed by atoms with Crippen molar-refractivity contribution in [3.8, 4) is 0 Å². The Morgan fingerprint density at radius 3 is 3.10 bits per heavy atom. The Kier molecular flexibility index (Phi) is 3.83. The van der Waals surface area contributed by atoms with Gasteiger partial charge in [-0.1, -0.05) is 0 Å². The summed E-state index contributed by atoms with van der Waals surface area (Å²) in [5, 5.41) is 9.24. The van der Waals surface area contributed by atoms with Gasteiger partial charge in [0.15, 0.2) is 5.82 Å². The summed E-state index contributed by atoms with van der Waals surface area (Å²) in [4.78, 5) is 9.77. The first-order valence-corrected chi connectivity index (χ1v) is 6.79. The number of fused-ring (bicyclic) bond motifs is 1. The summed E-state index contributed by atoms with van der Waals surface area (Å²) in [6.07, 6.45) is 3.62. The molecule has 0 aromatic carbocycles. The van der Waals surface area contributed by atoms with Crippen LogP contribution in [-0.4, -0.2) is 45.5 Å². The van der Waals surface area contributed by atoms with Gasteiger partial charge in [0.2, 0.25) is 0 Å². The molecule has 0 bridgehead atoms. The SMILES string of the molecule is COCCn1cnnc1CN(C)c1ccc2cc[nH]c2n1. The van der Waals surface area contributed by atoms with Gasteiger partial charge in [-0.2, -0.15) is 0 Å². The molecular formula is C14H18N6O. The molecule has 0 spiro atoms. The third-order valence-corrected chi connectivity index (χ3v) is 3.40. The van der Waals surface area contributed by atoms with E-state index in [0.29, 0.717) is 13.2 Å². The number of anilines is 1. The lowest BCUT2D eigenvalue weighted by molar-refractivity contribution is 0.186. The molecule has 0 aliphatic carbocycles. The number of methoxy groups -OCH3 is 1. The molecule has 0 amide bonds. The van der Waals surface area contributed by atoms with Gasteiger partial charge in [0.05, 0.1) is 13.2 Å². The first-order valence-electron chi connectivity index (χ1n) is 6.79. The predicted octanol–water partition coefficient (Wildman–Crippen LogP) is 1.44. The van der Waals surface area contributed by atoms with Crippen LogP contribution >= 0.6 is 0 Å². The molecule has 110 valence electrons. The van der Waals surface area contributed by atoms with Crippen molar-refractivity contribution in [2.75, 3.05) is 25.7 Å². The number of pyridine rings is 1. The van der Waals surface area contributed by atoms with Crippen LogP contribution in [0.15, 0.2) is 30.7 Å². The first-order chi connectivity index (χ1) is 10.3.